The van der Waals surface area contributed by atoms with Crippen LogP contribution in [0.4, 0.5) is 5.69 Å². The summed E-state index contributed by atoms with van der Waals surface area (Å²) in [5, 5.41) is 0.615. The Morgan fingerprint density at radius 3 is 2.58 bits per heavy atom. The smallest absolute Gasteiger partial charge is 0.284 e. The van der Waals surface area contributed by atoms with Crippen molar-refractivity contribution in [1.29, 1.82) is 0 Å². The van der Waals surface area contributed by atoms with Crippen molar-refractivity contribution in [3.8, 4) is 0 Å². The van der Waals surface area contributed by atoms with Gasteiger partial charge in [-0.25, -0.2) is 4.99 Å². The molecule has 4 aliphatic rings. The summed E-state index contributed by atoms with van der Waals surface area (Å²) < 4.78 is 0. The Morgan fingerprint density at radius 2 is 1.82 bits per heavy atom. The van der Waals surface area contributed by atoms with Gasteiger partial charge in [0.1, 0.15) is 11.5 Å². The van der Waals surface area contributed by atoms with Gasteiger partial charge >= 0.3 is 0 Å². The molecule has 3 heterocycles. The summed E-state index contributed by atoms with van der Waals surface area (Å²) in [6.07, 6.45) is 4.70. The van der Waals surface area contributed by atoms with Gasteiger partial charge in [-0.2, -0.15) is 0 Å². The average molecular weight is 460 g/mol. The van der Waals surface area contributed by atoms with Crippen molar-refractivity contribution in [2.45, 2.75) is 12.8 Å². The molecule has 33 heavy (non-hydrogen) atoms. The van der Waals surface area contributed by atoms with Crippen molar-refractivity contribution in [3.05, 3.63) is 76.6 Å². The number of amides is 1. The van der Waals surface area contributed by atoms with Crippen molar-refractivity contribution in [2.75, 3.05) is 44.2 Å². The molecule has 2 aromatic rings. The molecule has 2 fully saturated rings. The summed E-state index contributed by atoms with van der Waals surface area (Å²) in [7, 11) is 0. The van der Waals surface area contributed by atoms with E-state index in [2.05, 4.69) is 9.80 Å². The van der Waals surface area contributed by atoms with Crippen LogP contribution < -0.4 is 4.90 Å². The lowest BCUT2D eigenvalue weighted by atomic mass is 10.00. The number of amidine groups is 1. The van der Waals surface area contributed by atoms with Crippen LogP contribution in [0.1, 0.15) is 24.0 Å². The number of rotatable bonds is 4. The molecule has 0 spiro atoms. The second kappa shape index (κ2) is 8.43. The van der Waals surface area contributed by atoms with Crippen molar-refractivity contribution in [1.82, 2.24) is 9.80 Å². The predicted molar refractivity (Wildman–Crippen MR) is 132 cm³/mol. The molecule has 7 heteroatoms. The molecule has 0 N–H and O–H groups in total. The highest BCUT2D eigenvalue weighted by Crippen LogP contribution is 2.34. The van der Waals surface area contributed by atoms with Crippen molar-refractivity contribution in [2.24, 2.45) is 15.9 Å². The third-order valence-corrected chi connectivity index (χ3v) is 6.97. The van der Waals surface area contributed by atoms with Crippen molar-refractivity contribution < 1.29 is 4.79 Å². The number of aliphatic imine (C=N–C) groups is 2. The Bertz CT molecular complexity index is 1180. The topological polar surface area (TPSA) is 51.5 Å². The first-order valence-corrected chi connectivity index (χ1v) is 12.0. The lowest BCUT2D eigenvalue weighted by Gasteiger charge is -2.34. The summed E-state index contributed by atoms with van der Waals surface area (Å²) in [4.78, 5) is 29.6. The Kier molecular flexibility index (Phi) is 5.27. The standard InChI is InChI=1S/C26H26ClN5O/c27-20-8-9-23-21(14-20)25(19-4-2-1-3-5-19)28-15-24-29-22(26(33)32(23)24)17-31-12-10-30(11-13-31)16-18-6-7-18/h1-5,8-9,14,17-18H,6-7,10-13,15-16H2/b22-17-. The first kappa shape index (κ1) is 20.6. The fraction of sp³-hybridized carbons (Fsp3) is 0.346. The number of hydrogen-bond donors (Lipinski definition) is 0. The Balaban J connectivity index is 1.29. The minimum atomic E-state index is -0.0986. The van der Waals surface area contributed by atoms with Gasteiger partial charge in [-0.1, -0.05) is 41.9 Å². The Morgan fingerprint density at radius 1 is 1.03 bits per heavy atom. The average Bonchev–Trinajstić information content (AvgIpc) is 3.62. The molecule has 0 unspecified atom stereocenters. The van der Waals surface area contributed by atoms with E-state index in [1.165, 1.54) is 19.4 Å². The maximum Gasteiger partial charge on any atom is 0.284 e. The van der Waals surface area contributed by atoms with Crippen LogP contribution in [0, 0.1) is 5.92 Å². The zero-order chi connectivity index (χ0) is 22.4. The van der Waals surface area contributed by atoms with Gasteiger partial charge in [0.25, 0.3) is 5.91 Å². The van der Waals surface area contributed by atoms with Crippen LogP contribution in [-0.4, -0.2) is 66.5 Å². The number of nitrogens with zero attached hydrogens (tertiary/aromatic N) is 5. The molecule has 6 nitrogen and oxygen atoms in total. The Labute approximate surface area is 198 Å². The monoisotopic (exact) mass is 459 g/mol. The summed E-state index contributed by atoms with van der Waals surface area (Å²) in [5.41, 5.74) is 3.94. The maximum absolute atomic E-state index is 13.5. The number of hydrogen-bond acceptors (Lipinski definition) is 5. The van der Waals surface area contributed by atoms with E-state index >= 15 is 0 Å². The minimum Gasteiger partial charge on any atom is -0.373 e. The summed E-state index contributed by atoms with van der Waals surface area (Å²) in [6.45, 7) is 5.50. The highest BCUT2D eigenvalue weighted by Gasteiger charge is 2.36. The van der Waals surface area contributed by atoms with E-state index < -0.39 is 0 Å². The number of benzene rings is 2. The molecule has 1 saturated heterocycles. The van der Waals surface area contributed by atoms with Crippen LogP contribution in [0.5, 0.6) is 0 Å². The van der Waals surface area contributed by atoms with Crippen LogP contribution in [0.25, 0.3) is 0 Å². The second-order valence-electron chi connectivity index (χ2n) is 9.16. The number of piperazine rings is 1. The number of halogens is 1. The number of anilines is 1. The van der Waals surface area contributed by atoms with Gasteiger partial charge in [-0.15, -0.1) is 0 Å². The summed E-state index contributed by atoms with van der Waals surface area (Å²) in [6, 6.07) is 15.6. The molecule has 3 aliphatic heterocycles. The van der Waals surface area contributed by atoms with Crippen LogP contribution in [0.2, 0.25) is 5.02 Å². The Hall–Kier alpha value is -2.96. The summed E-state index contributed by atoms with van der Waals surface area (Å²) in [5.74, 6) is 1.47. The fourth-order valence-electron chi connectivity index (χ4n) is 4.79. The van der Waals surface area contributed by atoms with E-state index in [-0.39, 0.29) is 5.91 Å². The molecule has 1 amide bonds. The number of carbonyl (C=O) groups is 1. The summed E-state index contributed by atoms with van der Waals surface area (Å²) >= 11 is 6.36. The molecule has 1 aliphatic carbocycles. The molecule has 2 aromatic carbocycles. The van der Waals surface area contributed by atoms with E-state index in [0.29, 0.717) is 23.1 Å². The number of carbonyl (C=O) groups excluding carboxylic acids is 1. The van der Waals surface area contributed by atoms with Crippen LogP contribution in [0.3, 0.4) is 0 Å². The van der Waals surface area contributed by atoms with Gasteiger partial charge < -0.3 is 4.90 Å². The predicted octanol–water partition coefficient (Wildman–Crippen LogP) is 3.81. The van der Waals surface area contributed by atoms with Crippen LogP contribution >= 0.6 is 11.6 Å². The van der Waals surface area contributed by atoms with Gasteiger partial charge in [-0.3, -0.25) is 19.6 Å². The van der Waals surface area contributed by atoms with Gasteiger partial charge in [-0.05, 0) is 37.0 Å². The lowest BCUT2D eigenvalue weighted by Crippen LogP contribution is -2.45. The van der Waals surface area contributed by atoms with Crippen molar-refractivity contribution >= 4 is 34.7 Å². The molecule has 0 aromatic heterocycles. The van der Waals surface area contributed by atoms with Gasteiger partial charge in [0.2, 0.25) is 0 Å². The zero-order valence-electron chi connectivity index (χ0n) is 18.5. The van der Waals surface area contributed by atoms with Gasteiger partial charge in [0.15, 0.2) is 0 Å². The molecule has 0 radical (unpaired) electrons. The molecule has 1 saturated carbocycles. The number of fused-ring (bicyclic) bond motifs is 3. The lowest BCUT2D eigenvalue weighted by molar-refractivity contribution is -0.114. The van der Waals surface area contributed by atoms with Crippen molar-refractivity contribution in [3.63, 3.8) is 0 Å². The molecule has 0 bridgehead atoms. The largest absolute Gasteiger partial charge is 0.373 e. The third-order valence-electron chi connectivity index (χ3n) is 6.74. The molecule has 168 valence electrons. The van der Waals surface area contributed by atoms with E-state index in [4.69, 9.17) is 21.6 Å². The fourth-order valence-corrected chi connectivity index (χ4v) is 4.96. The van der Waals surface area contributed by atoms with E-state index in [9.17, 15) is 4.79 Å². The normalized spacial score (nSPS) is 22.1. The van der Waals surface area contributed by atoms with Gasteiger partial charge in [0.05, 0.1) is 17.9 Å². The van der Waals surface area contributed by atoms with E-state index in [1.807, 2.05) is 54.7 Å². The van der Waals surface area contributed by atoms with E-state index in [1.54, 1.807) is 4.90 Å². The molecular formula is C26H26ClN5O. The van der Waals surface area contributed by atoms with Crippen LogP contribution in [0.15, 0.2) is 70.4 Å². The van der Waals surface area contributed by atoms with Gasteiger partial charge in [0, 0.05) is 55.1 Å². The maximum atomic E-state index is 13.5. The van der Waals surface area contributed by atoms with Crippen LogP contribution in [-0.2, 0) is 4.79 Å². The first-order chi connectivity index (χ1) is 16.2. The highest BCUT2D eigenvalue weighted by molar-refractivity contribution is 6.34. The molecule has 0 atom stereocenters. The van der Waals surface area contributed by atoms with E-state index in [0.717, 1.165) is 54.6 Å². The third kappa shape index (κ3) is 4.09. The quantitative estimate of drug-likeness (QED) is 0.653. The molecule has 6 rings (SSSR count). The SMILES string of the molecule is O=C1/C(=C/N2CCN(CC3CC3)CC2)N=C2CN=C(c3ccccc3)c3cc(Cl)ccc3N12. The zero-order valence-corrected chi connectivity index (χ0v) is 19.2. The highest BCUT2D eigenvalue weighted by atomic mass is 35.5. The minimum absolute atomic E-state index is 0.0986. The first-order valence-electron chi connectivity index (χ1n) is 11.7. The second-order valence-corrected chi connectivity index (χ2v) is 9.59. The molecular weight excluding hydrogens is 434 g/mol.